The van der Waals surface area contributed by atoms with Gasteiger partial charge in [-0.3, -0.25) is 0 Å². The highest BCUT2D eigenvalue weighted by Crippen LogP contribution is 2.33. The summed E-state index contributed by atoms with van der Waals surface area (Å²) in [7, 11) is 0. The summed E-state index contributed by atoms with van der Waals surface area (Å²) in [5.41, 5.74) is 5.22. The molecule has 2 aromatic carbocycles. The molecule has 0 aromatic heterocycles. The van der Waals surface area contributed by atoms with E-state index in [1.807, 2.05) is 0 Å². The van der Waals surface area contributed by atoms with E-state index in [2.05, 4.69) is 81.0 Å². The van der Waals surface area contributed by atoms with E-state index in [1.165, 1.54) is 25.8 Å². The predicted molar refractivity (Wildman–Crippen MR) is 84.9 cm³/mol. The molecule has 2 aromatic rings. The Morgan fingerprint density at radius 1 is 0.944 bits per heavy atom. The van der Waals surface area contributed by atoms with E-state index < -0.39 is 0 Å². The molecule has 1 unspecified atom stereocenters. The number of hydrogen-bond donors (Lipinski definition) is 0. The van der Waals surface area contributed by atoms with Gasteiger partial charge in [0.25, 0.3) is 0 Å². The minimum atomic E-state index is 0.250. The third-order valence-electron chi connectivity index (χ3n) is 3.20. The van der Waals surface area contributed by atoms with Crippen molar-refractivity contribution in [2.24, 2.45) is 0 Å². The van der Waals surface area contributed by atoms with E-state index in [9.17, 15) is 0 Å². The summed E-state index contributed by atoms with van der Waals surface area (Å²) in [5.74, 6) is 0. The first kappa shape index (κ1) is 12.6. The average molecular weight is 415 g/mol. The van der Waals surface area contributed by atoms with E-state index in [-0.39, 0.29) is 4.83 Å². The Balaban J connectivity index is 1.92. The highest BCUT2D eigenvalue weighted by molar-refractivity contribution is 14.1. The first-order chi connectivity index (χ1) is 8.74. The van der Waals surface area contributed by atoms with Gasteiger partial charge in [0.05, 0.1) is 18.0 Å². The Kier molecular flexibility index (Phi) is 3.73. The second-order valence-corrected chi connectivity index (χ2v) is 6.60. The van der Waals surface area contributed by atoms with Crippen molar-refractivity contribution in [1.82, 2.24) is 0 Å². The van der Waals surface area contributed by atoms with Crippen LogP contribution in [0.4, 0.5) is 0 Å². The van der Waals surface area contributed by atoms with Gasteiger partial charge < -0.3 is 4.74 Å². The first-order valence-corrected chi connectivity index (χ1v) is 7.82. The van der Waals surface area contributed by atoms with Crippen molar-refractivity contribution in [3.05, 3.63) is 68.3 Å². The summed E-state index contributed by atoms with van der Waals surface area (Å²) in [6.45, 7) is 1.50. The van der Waals surface area contributed by atoms with Crippen molar-refractivity contribution >= 4 is 38.5 Å². The predicted octanol–water partition coefficient (Wildman–Crippen LogP) is 4.81. The zero-order chi connectivity index (χ0) is 12.5. The summed E-state index contributed by atoms with van der Waals surface area (Å²) < 4.78 is 6.72. The van der Waals surface area contributed by atoms with Crippen molar-refractivity contribution in [2.45, 2.75) is 18.0 Å². The van der Waals surface area contributed by atoms with Crippen LogP contribution in [-0.4, -0.2) is 0 Å². The molecule has 0 N–H and O–H groups in total. The van der Waals surface area contributed by atoms with Crippen LogP contribution in [0.25, 0.3) is 0 Å². The van der Waals surface area contributed by atoms with E-state index in [1.54, 1.807) is 0 Å². The molecule has 3 rings (SSSR count). The highest BCUT2D eigenvalue weighted by Gasteiger charge is 2.15. The smallest absolute Gasteiger partial charge is 0.0725 e. The normalized spacial score (nSPS) is 15.4. The van der Waals surface area contributed by atoms with Crippen LogP contribution in [-0.2, 0) is 18.0 Å². The van der Waals surface area contributed by atoms with Gasteiger partial charge in [-0.05, 0) is 57.0 Å². The Bertz CT molecular complexity index is 565. The van der Waals surface area contributed by atoms with E-state index in [4.69, 9.17) is 4.74 Å². The fourth-order valence-corrected chi connectivity index (χ4v) is 3.12. The summed E-state index contributed by atoms with van der Waals surface area (Å²) in [6, 6.07) is 15.2. The molecule has 0 aliphatic carbocycles. The van der Waals surface area contributed by atoms with Crippen LogP contribution in [0.1, 0.15) is 27.1 Å². The van der Waals surface area contributed by atoms with Crippen LogP contribution in [0.3, 0.4) is 0 Å². The minimum Gasteiger partial charge on any atom is -0.372 e. The molecule has 0 bridgehead atoms. The molecule has 1 aliphatic heterocycles. The maximum atomic E-state index is 5.45. The van der Waals surface area contributed by atoms with Crippen LogP contribution in [0.2, 0.25) is 0 Å². The van der Waals surface area contributed by atoms with E-state index >= 15 is 0 Å². The van der Waals surface area contributed by atoms with Gasteiger partial charge in [-0.1, -0.05) is 46.3 Å². The Morgan fingerprint density at radius 2 is 1.61 bits per heavy atom. The van der Waals surface area contributed by atoms with Crippen LogP contribution in [0.5, 0.6) is 0 Å². The summed E-state index contributed by atoms with van der Waals surface area (Å²) in [5, 5.41) is 0. The molecule has 3 heteroatoms. The van der Waals surface area contributed by atoms with Gasteiger partial charge >= 0.3 is 0 Å². The zero-order valence-corrected chi connectivity index (χ0v) is 13.4. The van der Waals surface area contributed by atoms with Gasteiger partial charge in [-0.15, -0.1) is 0 Å². The molecular formula is C15H12BrIO. The van der Waals surface area contributed by atoms with Crippen molar-refractivity contribution < 1.29 is 4.74 Å². The summed E-state index contributed by atoms with van der Waals surface area (Å²) in [6.07, 6.45) is 0. The zero-order valence-electron chi connectivity index (χ0n) is 9.70. The van der Waals surface area contributed by atoms with Gasteiger partial charge in [0.15, 0.2) is 0 Å². The number of rotatable bonds is 2. The van der Waals surface area contributed by atoms with Gasteiger partial charge in [-0.25, -0.2) is 0 Å². The SMILES string of the molecule is BrC(c1ccc(I)cc1)c1ccc2c(c1)COC2. The first-order valence-electron chi connectivity index (χ1n) is 5.83. The third-order valence-corrected chi connectivity index (χ3v) is 4.98. The Morgan fingerprint density at radius 3 is 2.39 bits per heavy atom. The minimum absolute atomic E-state index is 0.250. The number of halogens is 2. The van der Waals surface area contributed by atoms with Crippen molar-refractivity contribution in [1.29, 1.82) is 0 Å². The fourth-order valence-electron chi connectivity index (χ4n) is 2.17. The second kappa shape index (κ2) is 5.31. The third kappa shape index (κ3) is 2.49. The van der Waals surface area contributed by atoms with Gasteiger partial charge in [0.2, 0.25) is 0 Å². The van der Waals surface area contributed by atoms with Gasteiger partial charge in [-0.2, -0.15) is 0 Å². The molecule has 18 heavy (non-hydrogen) atoms. The van der Waals surface area contributed by atoms with Crippen molar-refractivity contribution in [2.75, 3.05) is 0 Å². The lowest BCUT2D eigenvalue weighted by Crippen LogP contribution is -1.94. The highest BCUT2D eigenvalue weighted by atomic mass is 127. The van der Waals surface area contributed by atoms with Crippen LogP contribution < -0.4 is 0 Å². The maximum Gasteiger partial charge on any atom is 0.0725 e. The molecule has 92 valence electrons. The number of benzene rings is 2. The lowest BCUT2D eigenvalue weighted by Gasteiger charge is -2.12. The molecule has 0 fully saturated rings. The molecule has 1 nitrogen and oxygen atoms in total. The van der Waals surface area contributed by atoms with Gasteiger partial charge in [0.1, 0.15) is 0 Å². The lowest BCUT2D eigenvalue weighted by atomic mass is 10.0. The van der Waals surface area contributed by atoms with Gasteiger partial charge in [0, 0.05) is 3.57 Å². The molecular weight excluding hydrogens is 403 g/mol. The molecule has 0 saturated heterocycles. The van der Waals surface area contributed by atoms with Crippen LogP contribution in [0, 0.1) is 3.57 Å². The fraction of sp³-hybridized carbons (Fsp3) is 0.200. The number of alkyl halides is 1. The molecule has 1 heterocycles. The standard InChI is InChI=1S/C15H12BrIO/c16-15(10-3-5-14(17)6-4-10)11-1-2-12-8-18-9-13(12)7-11/h1-7,15H,8-9H2. The Hall–Kier alpha value is -0.390. The average Bonchev–Trinajstić information content (AvgIpc) is 2.86. The molecule has 1 aliphatic rings. The van der Waals surface area contributed by atoms with Crippen LogP contribution >= 0.6 is 38.5 Å². The number of fused-ring (bicyclic) bond motifs is 1. The topological polar surface area (TPSA) is 9.23 Å². The largest absolute Gasteiger partial charge is 0.372 e. The van der Waals surface area contributed by atoms with E-state index in [0.29, 0.717) is 0 Å². The maximum absolute atomic E-state index is 5.45. The van der Waals surface area contributed by atoms with E-state index in [0.717, 1.165) is 13.2 Å². The Labute approximate surface area is 129 Å². The summed E-state index contributed by atoms with van der Waals surface area (Å²) in [4.78, 5) is 0.250. The quantitative estimate of drug-likeness (QED) is 0.506. The monoisotopic (exact) mass is 414 g/mol. The van der Waals surface area contributed by atoms with Crippen LogP contribution in [0.15, 0.2) is 42.5 Å². The molecule has 1 atom stereocenters. The number of hydrogen-bond acceptors (Lipinski definition) is 1. The molecule has 0 spiro atoms. The molecule has 0 radical (unpaired) electrons. The number of ether oxygens (including phenoxy) is 1. The second-order valence-electron chi connectivity index (χ2n) is 4.44. The molecule has 0 amide bonds. The molecule has 0 saturated carbocycles. The lowest BCUT2D eigenvalue weighted by molar-refractivity contribution is 0.134. The van der Waals surface area contributed by atoms with Crippen molar-refractivity contribution in [3.63, 3.8) is 0 Å². The van der Waals surface area contributed by atoms with Crippen molar-refractivity contribution in [3.8, 4) is 0 Å². The summed E-state index contributed by atoms with van der Waals surface area (Å²) >= 11 is 6.11.